The second kappa shape index (κ2) is 5.49. The molecule has 1 fully saturated rings. The molecule has 3 nitrogen and oxygen atoms in total. The number of rotatable bonds is 4. The summed E-state index contributed by atoms with van der Waals surface area (Å²) >= 11 is 0. The molecule has 0 saturated heterocycles. The molecule has 3 rings (SSSR count). The molecule has 0 unspecified atom stereocenters. The molecule has 0 spiro atoms. The molecule has 19 heavy (non-hydrogen) atoms. The lowest BCUT2D eigenvalue weighted by atomic mass is 9.76. The zero-order chi connectivity index (χ0) is 13.1. The van der Waals surface area contributed by atoms with E-state index < -0.39 is 0 Å². The van der Waals surface area contributed by atoms with Crippen LogP contribution in [0.1, 0.15) is 35.7 Å². The monoisotopic (exact) mass is 253 g/mol. The summed E-state index contributed by atoms with van der Waals surface area (Å²) in [6.45, 7) is 2.78. The smallest absolute Gasteiger partial charge is 0.0724 e. The quantitative estimate of drug-likeness (QED) is 0.910. The second-order valence-electron chi connectivity index (χ2n) is 5.31. The molecular formula is C16H19N3. The average molecular weight is 253 g/mol. The van der Waals surface area contributed by atoms with Gasteiger partial charge in [0.15, 0.2) is 0 Å². The largest absolute Gasteiger partial charge is 0.308 e. The van der Waals surface area contributed by atoms with Gasteiger partial charge in [-0.15, -0.1) is 0 Å². The predicted octanol–water partition coefficient (Wildman–Crippen LogP) is 2.82. The van der Waals surface area contributed by atoms with E-state index in [-0.39, 0.29) is 0 Å². The third-order valence-corrected chi connectivity index (χ3v) is 3.82. The Labute approximate surface area is 114 Å². The Balaban J connectivity index is 1.46. The Morgan fingerprint density at radius 1 is 1.11 bits per heavy atom. The van der Waals surface area contributed by atoms with Crippen LogP contribution in [0.25, 0.3) is 0 Å². The van der Waals surface area contributed by atoms with Crippen molar-refractivity contribution >= 4 is 0 Å². The second-order valence-corrected chi connectivity index (χ2v) is 5.31. The van der Waals surface area contributed by atoms with Crippen LogP contribution in [0.4, 0.5) is 0 Å². The lowest BCUT2D eigenvalue weighted by molar-refractivity contribution is 0.288. The molecule has 1 N–H and O–H groups in total. The van der Waals surface area contributed by atoms with Crippen molar-refractivity contribution in [3.63, 3.8) is 0 Å². The van der Waals surface area contributed by atoms with Gasteiger partial charge in [-0.05, 0) is 31.2 Å². The molecule has 0 radical (unpaired) electrons. The van der Waals surface area contributed by atoms with Gasteiger partial charge in [-0.1, -0.05) is 30.3 Å². The van der Waals surface area contributed by atoms with E-state index in [2.05, 4.69) is 45.6 Å². The molecule has 2 aromatic rings. The molecule has 0 atom stereocenters. The summed E-state index contributed by atoms with van der Waals surface area (Å²) in [5.41, 5.74) is 3.46. The molecule has 1 saturated carbocycles. The van der Waals surface area contributed by atoms with Crippen molar-refractivity contribution < 1.29 is 0 Å². The van der Waals surface area contributed by atoms with Crippen LogP contribution in [0.2, 0.25) is 0 Å². The van der Waals surface area contributed by atoms with Gasteiger partial charge in [0.2, 0.25) is 0 Å². The van der Waals surface area contributed by atoms with Crippen molar-refractivity contribution in [3.05, 3.63) is 59.7 Å². The highest BCUT2D eigenvalue weighted by Crippen LogP contribution is 2.36. The summed E-state index contributed by atoms with van der Waals surface area (Å²) in [7, 11) is 0. The zero-order valence-electron chi connectivity index (χ0n) is 11.2. The fourth-order valence-corrected chi connectivity index (χ4v) is 2.54. The highest BCUT2D eigenvalue weighted by molar-refractivity contribution is 5.22. The van der Waals surface area contributed by atoms with Crippen LogP contribution < -0.4 is 5.32 Å². The van der Waals surface area contributed by atoms with Gasteiger partial charge in [0.05, 0.1) is 11.4 Å². The van der Waals surface area contributed by atoms with E-state index in [1.807, 2.05) is 19.3 Å². The highest BCUT2D eigenvalue weighted by Gasteiger charge is 2.29. The van der Waals surface area contributed by atoms with E-state index >= 15 is 0 Å². The number of hydrogen-bond donors (Lipinski definition) is 1. The minimum atomic E-state index is 0.619. The lowest BCUT2D eigenvalue weighted by Gasteiger charge is -2.36. The molecule has 1 aromatic heterocycles. The Hall–Kier alpha value is -1.74. The first-order valence-corrected chi connectivity index (χ1v) is 6.87. The highest BCUT2D eigenvalue weighted by atomic mass is 15.0. The summed E-state index contributed by atoms with van der Waals surface area (Å²) in [6.07, 6.45) is 6.13. The maximum absolute atomic E-state index is 4.36. The maximum atomic E-state index is 4.36. The Bertz CT molecular complexity index is 515. The van der Waals surface area contributed by atoms with Crippen LogP contribution >= 0.6 is 0 Å². The minimum Gasteiger partial charge on any atom is -0.308 e. The van der Waals surface area contributed by atoms with Crippen LogP contribution in [0.5, 0.6) is 0 Å². The van der Waals surface area contributed by atoms with Gasteiger partial charge >= 0.3 is 0 Å². The predicted molar refractivity (Wildman–Crippen MR) is 75.8 cm³/mol. The Morgan fingerprint density at radius 3 is 2.58 bits per heavy atom. The van der Waals surface area contributed by atoms with E-state index in [1.165, 1.54) is 18.4 Å². The SMILES string of the molecule is Cc1cnc(CNC2CC(c3ccccc3)C2)cn1. The van der Waals surface area contributed by atoms with Crippen molar-refractivity contribution in [1.82, 2.24) is 15.3 Å². The van der Waals surface area contributed by atoms with Crippen LogP contribution in [-0.4, -0.2) is 16.0 Å². The van der Waals surface area contributed by atoms with Gasteiger partial charge in [-0.3, -0.25) is 9.97 Å². The molecule has 1 aliphatic rings. The molecule has 0 bridgehead atoms. The Kier molecular flexibility index (Phi) is 3.56. The maximum Gasteiger partial charge on any atom is 0.0724 e. The standard InChI is InChI=1S/C16H19N3/c1-12-9-18-16(10-17-12)11-19-15-7-14(8-15)13-5-3-2-4-6-13/h2-6,9-10,14-15,19H,7-8,11H2,1H3. The summed E-state index contributed by atoms with van der Waals surface area (Å²) in [5, 5.41) is 3.55. The van der Waals surface area contributed by atoms with Crippen molar-refractivity contribution in [2.75, 3.05) is 0 Å². The molecule has 3 heteroatoms. The van der Waals surface area contributed by atoms with Crippen molar-refractivity contribution in [2.24, 2.45) is 0 Å². The fraction of sp³-hybridized carbons (Fsp3) is 0.375. The van der Waals surface area contributed by atoms with Gasteiger partial charge in [0, 0.05) is 25.0 Å². The van der Waals surface area contributed by atoms with Crippen LogP contribution in [0, 0.1) is 6.92 Å². The van der Waals surface area contributed by atoms with Crippen molar-refractivity contribution in [1.29, 1.82) is 0 Å². The van der Waals surface area contributed by atoms with Crippen LogP contribution in [0.3, 0.4) is 0 Å². The number of hydrogen-bond acceptors (Lipinski definition) is 3. The van der Waals surface area contributed by atoms with Gasteiger partial charge < -0.3 is 5.32 Å². The number of aryl methyl sites for hydroxylation is 1. The first kappa shape index (κ1) is 12.3. The molecule has 98 valence electrons. The van der Waals surface area contributed by atoms with Crippen LogP contribution in [0.15, 0.2) is 42.7 Å². The summed E-state index contributed by atoms with van der Waals surface area (Å²) in [6, 6.07) is 11.4. The van der Waals surface area contributed by atoms with E-state index in [0.717, 1.165) is 23.9 Å². The van der Waals surface area contributed by atoms with Gasteiger partial charge in [-0.2, -0.15) is 0 Å². The number of nitrogens with zero attached hydrogens (tertiary/aromatic N) is 2. The van der Waals surface area contributed by atoms with E-state index in [0.29, 0.717) is 6.04 Å². The average Bonchev–Trinajstić information content (AvgIpc) is 2.40. The van der Waals surface area contributed by atoms with E-state index in [4.69, 9.17) is 0 Å². The van der Waals surface area contributed by atoms with Gasteiger partial charge in [-0.25, -0.2) is 0 Å². The number of nitrogens with one attached hydrogen (secondary N) is 1. The fourth-order valence-electron chi connectivity index (χ4n) is 2.54. The summed E-state index contributed by atoms with van der Waals surface area (Å²) < 4.78 is 0. The Morgan fingerprint density at radius 2 is 1.89 bits per heavy atom. The first-order valence-electron chi connectivity index (χ1n) is 6.87. The van der Waals surface area contributed by atoms with Gasteiger partial charge in [0.1, 0.15) is 0 Å². The topological polar surface area (TPSA) is 37.8 Å². The molecule has 1 aromatic carbocycles. The van der Waals surface area contributed by atoms with Crippen LogP contribution in [-0.2, 0) is 6.54 Å². The van der Waals surface area contributed by atoms with Crippen molar-refractivity contribution in [2.45, 2.75) is 38.3 Å². The third kappa shape index (κ3) is 2.99. The summed E-state index contributed by atoms with van der Waals surface area (Å²) in [5.74, 6) is 0.725. The molecule has 0 amide bonds. The normalized spacial score (nSPS) is 21.9. The summed E-state index contributed by atoms with van der Waals surface area (Å²) in [4.78, 5) is 8.62. The van der Waals surface area contributed by atoms with E-state index in [1.54, 1.807) is 0 Å². The third-order valence-electron chi connectivity index (χ3n) is 3.82. The molecule has 1 aliphatic carbocycles. The molecule has 0 aliphatic heterocycles. The molecular weight excluding hydrogens is 234 g/mol. The van der Waals surface area contributed by atoms with E-state index in [9.17, 15) is 0 Å². The van der Waals surface area contributed by atoms with Crippen molar-refractivity contribution in [3.8, 4) is 0 Å². The first-order chi connectivity index (χ1) is 9.31. The number of aromatic nitrogens is 2. The molecule has 1 heterocycles. The number of benzene rings is 1. The zero-order valence-corrected chi connectivity index (χ0v) is 11.2. The minimum absolute atomic E-state index is 0.619. The van der Waals surface area contributed by atoms with Gasteiger partial charge in [0.25, 0.3) is 0 Å². The lowest BCUT2D eigenvalue weighted by Crippen LogP contribution is -2.39.